The van der Waals surface area contributed by atoms with Crippen LogP contribution < -0.4 is 10.3 Å². The molecule has 1 aromatic carbocycles. The maximum absolute atomic E-state index is 12.5. The number of hydrogen-bond donors (Lipinski definition) is 1. The summed E-state index contributed by atoms with van der Waals surface area (Å²) in [4.78, 5) is 32.4. The lowest BCUT2D eigenvalue weighted by Crippen LogP contribution is -2.54. The Morgan fingerprint density at radius 2 is 1.80 bits per heavy atom. The third-order valence-electron chi connectivity index (χ3n) is 5.25. The smallest absolute Gasteiger partial charge is 0.414 e. The van der Waals surface area contributed by atoms with Gasteiger partial charge < -0.3 is 9.64 Å². The van der Waals surface area contributed by atoms with E-state index in [4.69, 9.17) is 4.74 Å². The normalized spacial score (nSPS) is 17.3. The lowest BCUT2D eigenvalue weighted by atomic mass is 10.1. The van der Waals surface area contributed by atoms with Gasteiger partial charge in [0, 0.05) is 49.6 Å². The minimum Gasteiger partial charge on any atom is -0.444 e. The summed E-state index contributed by atoms with van der Waals surface area (Å²) in [7, 11) is 0. The second kappa shape index (κ2) is 9.41. The number of piperidine rings is 1. The third-order valence-corrected chi connectivity index (χ3v) is 5.25. The number of hydrogen-bond acceptors (Lipinski definition) is 6. The first-order valence-electron chi connectivity index (χ1n) is 10.1. The first-order chi connectivity index (χ1) is 14.7. The average molecular weight is 407 g/mol. The molecule has 0 radical (unpaired) electrons. The molecule has 0 spiro atoms. The molecule has 2 aromatic rings. The summed E-state index contributed by atoms with van der Waals surface area (Å²) < 4.78 is 5.29. The van der Waals surface area contributed by atoms with Crippen LogP contribution in [0.2, 0.25) is 0 Å². The van der Waals surface area contributed by atoms with E-state index in [-0.39, 0.29) is 25.1 Å². The van der Waals surface area contributed by atoms with E-state index in [1.54, 1.807) is 24.8 Å². The predicted octanol–water partition coefficient (Wildman–Crippen LogP) is 2.51. The highest BCUT2D eigenvalue weighted by Crippen LogP contribution is 2.19. The molecule has 1 N–H and O–H groups in total. The van der Waals surface area contributed by atoms with Crippen LogP contribution in [0.1, 0.15) is 18.4 Å². The van der Waals surface area contributed by atoms with Crippen molar-refractivity contribution in [3.05, 3.63) is 72.8 Å². The zero-order valence-electron chi connectivity index (χ0n) is 16.7. The summed E-state index contributed by atoms with van der Waals surface area (Å²) >= 11 is 0. The maximum atomic E-state index is 12.5. The molecule has 0 saturated carbocycles. The van der Waals surface area contributed by atoms with Gasteiger partial charge in [-0.3, -0.25) is 14.7 Å². The molecule has 2 amide bonds. The summed E-state index contributed by atoms with van der Waals surface area (Å²) in [5, 5.41) is 1.48. The van der Waals surface area contributed by atoms with Crippen LogP contribution in [0.15, 0.2) is 67.3 Å². The molecule has 8 heteroatoms. The lowest BCUT2D eigenvalue weighted by molar-refractivity contribution is -0.133. The van der Waals surface area contributed by atoms with Crippen molar-refractivity contribution in [1.82, 2.24) is 20.3 Å². The van der Waals surface area contributed by atoms with Crippen LogP contribution in [0.4, 0.5) is 10.5 Å². The van der Waals surface area contributed by atoms with Crippen LogP contribution in [0.5, 0.6) is 0 Å². The minimum absolute atomic E-state index is 0.0486. The number of ether oxygens (including phenoxy) is 1. The number of nitrogens with one attached hydrogen (secondary N) is 1. The number of carbonyl (C=O) groups excluding carboxylic acids is 2. The van der Waals surface area contributed by atoms with Gasteiger partial charge in [0.1, 0.15) is 13.2 Å². The van der Waals surface area contributed by atoms with Gasteiger partial charge in [0.05, 0.1) is 0 Å². The maximum Gasteiger partial charge on any atom is 0.414 e. The van der Waals surface area contributed by atoms with E-state index in [0.717, 1.165) is 31.5 Å². The number of amides is 2. The molecule has 156 valence electrons. The van der Waals surface area contributed by atoms with Crippen LogP contribution >= 0.6 is 0 Å². The molecule has 3 heterocycles. The highest BCUT2D eigenvalue weighted by atomic mass is 16.6. The zero-order valence-corrected chi connectivity index (χ0v) is 16.7. The molecule has 0 aliphatic carbocycles. The van der Waals surface area contributed by atoms with Gasteiger partial charge in [0.2, 0.25) is 0 Å². The Balaban J connectivity index is 1.24. The number of rotatable bonds is 5. The van der Waals surface area contributed by atoms with E-state index >= 15 is 0 Å². The summed E-state index contributed by atoms with van der Waals surface area (Å²) in [6.45, 7) is 1.94. The first-order valence-corrected chi connectivity index (χ1v) is 10.1. The van der Waals surface area contributed by atoms with Crippen LogP contribution in [0.3, 0.4) is 0 Å². The summed E-state index contributed by atoms with van der Waals surface area (Å²) in [6, 6.07) is 13.7. The fraction of sp³-hybridized carbons (Fsp3) is 0.318. The molecular weight excluding hydrogens is 382 g/mol. The van der Waals surface area contributed by atoms with Gasteiger partial charge in [-0.05, 0) is 30.5 Å². The fourth-order valence-corrected chi connectivity index (χ4v) is 3.57. The van der Waals surface area contributed by atoms with Gasteiger partial charge in [0.15, 0.2) is 0 Å². The highest BCUT2D eigenvalue weighted by molar-refractivity contribution is 5.84. The Hall–Kier alpha value is -3.39. The van der Waals surface area contributed by atoms with E-state index in [9.17, 15) is 9.59 Å². The van der Waals surface area contributed by atoms with Crippen molar-refractivity contribution >= 4 is 17.7 Å². The van der Waals surface area contributed by atoms with Crippen LogP contribution in [0, 0.1) is 0 Å². The Kier molecular flexibility index (Phi) is 6.24. The minimum atomic E-state index is -0.534. The van der Waals surface area contributed by atoms with E-state index < -0.39 is 6.09 Å². The second-order valence-electron chi connectivity index (χ2n) is 7.33. The largest absolute Gasteiger partial charge is 0.444 e. The first kappa shape index (κ1) is 19.9. The summed E-state index contributed by atoms with van der Waals surface area (Å²) in [5.41, 5.74) is 5.35. The molecule has 1 fully saturated rings. The number of aromatic nitrogens is 1. The summed E-state index contributed by atoms with van der Waals surface area (Å²) in [5.74, 6) is -0.189. The lowest BCUT2D eigenvalue weighted by Gasteiger charge is -2.37. The molecule has 1 aromatic heterocycles. The fourth-order valence-electron chi connectivity index (χ4n) is 3.57. The Labute approximate surface area is 175 Å². The van der Waals surface area contributed by atoms with Crippen molar-refractivity contribution in [3.63, 3.8) is 0 Å². The quantitative estimate of drug-likeness (QED) is 0.821. The highest BCUT2D eigenvalue weighted by Gasteiger charge is 2.27. The van der Waals surface area contributed by atoms with Gasteiger partial charge in [0.25, 0.3) is 5.91 Å². The van der Waals surface area contributed by atoms with E-state index in [1.165, 1.54) is 15.6 Å². The van der Waals surface area contributed by atoms with Gasteiger partial charge >= 0.3 is 6.09 Å². The SMILES string of the molecule is O=C(OCc1ccccc1)N1C=CN(NC2CCN(c3ccncc3)CC2)C(=O)C1. The molecule has 2 aliphatic rings. The monoisotopic (exact) mass is 407 g/mol. The number of nitrogens with zero attached hydrogens (tertiary/aromatic N) is 4. The molecule has 1 saturated heterocycles. The third kappa shape index (κ3) is 4.96. The van der Waals surface area contributed by atoms with Gasteiger partial charge in [-0.1, -0.05) is 30.3 Å². The van der Waals surface area contributed by atoms with E-state index in [1.807, 2.05) is 42.5 Å². The van der Waals surface area contributed by atoms with Crippen LogP contribution in [-0.2, 0) is 16.1 Å². The Morgan fingerprint density at radius 3 is 2.50 bits per heavy atom. The van der Waals surface area contributed by atoms with Gasteiger partial charge in [-0.2, -0.15) is 0 Å². The molecule has 4 rings (SSSR count). The Morgan fingerprint density at radius 1 is 1.07 bits per heavy atom. The number of pyridine rings is 1. The molecule has 2 aliphatic heterocycles. The summed E-state index contributed by atoms with van der Waals surface area (Å²) in [6.07, 6.45) is 8.07. The van der Waals surface area contributed by atoms with Gasteiger partial charge in [-0.15, -0.1) is 0 Å². The van der Waals surface area contributed by atoms with E-state index in [2.05, 4.69) is 15.3 Å². The van der Waals surface area contributed by atoms with Crippen molar-refractivity contribution in [3.8, 4) is 0 Å². The van der Waals surface area contributed by atoms with Crippen molar-refractivity contribution in [2.24, 2.45) is 0 Å². The number of hydrazine groups is 1. The zero-order chi connectivity index (χ0) is 20.8. The number of carbonyl (C=O) groups is 2. The number of benzene rings is 1. The molecule has 0 unspecified atom stereocenters. The number of anilines is 1. The van der Waals surface area contributed by atoms with Crippen LogP contribution in [-0.4, -0.2) is 52.6 Å². The van der Waals surface area contributed by atoms with Crippen molar-refractivity contribution in [1.29, 1.82) is 0 Å². The average Bonchev–Trinajstić information content (AvgIpc) is 2.80. The van der Waals surface area contributed by atoms with Crippen LogP contribution in [0.25, 0.3) is 0 Å². The Bertz CT molecular complexity index is 882. The standard InChI is InChI=1S/C22H25N5O3/c28-21-16-26(22(29)30-17-18-4-2-1-3-5-18)14-15-27(21)24-19-8-12-25(13-9-19)20-6-10-23-11-7-20/h1-7,10-11,14-15,19,24H,8-9,12-13,16-17H2. The molecule has 0 bridgehead atoms. The van der Waals surface area contributed by atoms with Crippen molar-refractivity contribution in [2.45, 2.75) is 25.5 Å². The molecular formula is C22H25N5O3. The van der Waals surface area contributed by atoms with Gasteiger partial charge in [-0.25, -0.2) is 15.2 Å². The van der Waals surface area contributed by atoms with E-state index in [0.29, 0.717) is 0 Å². The van der Waals surface area contributed by atoms with Crippen molar-refractivity contribution < 1.29 is 14.3 Å². The predicted molar refractivity (Wildman–Crippen MR) is 112 cm³/mol. The van der Waals surface area contributed by atoms with Crippen molar-refractivity contribution in [2.75, 3.05) is 24.5 Å². The molecule has 8 nitrogen and oxygen atoms in total. The molecule has 0 atom stereocenters. The molecule has 30 heavy (non-hydrogen) atoms. The second-order valence-corrected chi connectivity index (χ2v) is 7.33. The topological polar surface area (TPSA) is 78.0 Å².